The number of likely N-dealkylation sites (tertiary alicyclic amines) is 1. The van der Waals surface area contributed by atoms with Gasteiger partial charge >= 0.3 is 11.8 Å². The quantitative estimate of drug-likeness (QED) is 0.785. The zero-order valence-corrected chi connectivity index (χ0v) is 14.6. The molecule has 2 aromatic heterocycles. The number of carbonyl (C=O) groups is 1. The van der Waals surface area contributed by atoms with Crippen molar-refractivity contribution in [2.24, 2.45) is 0 Å². The number of hydrogen-bond acceptors (Lipinski definition) is 6. The summed E-state index contributed by atoms with van der Waals surface area (Å²) in [6.07, 6.45) is 0.159. The molecule has 0 aromatic carbocycles. The van der Waals surface area contributed by atoms with E-state index < -0.39 is 35.9 Å². The van der Waals surface area contributed by atoms with E-state index in [2.05, 4.69) is 15.0 Å². The molecule has 0 spiro atoms. The molecule has 3 N–H and O–H groups in total. The first-order valence-corrected chi connectivity index (χ1v) is 8.06. The van der Waals surface area contributed by atoms with Crippen molar-refractivity contribution in [1.82, 2.24) is 24.4 Å². The van der Waals surface area contributed by atoms with Gasteiger partial charge in [0.2, 0.25) is 0 Å². The lowest BCUT2D eigenvalue weighted by Gasteiger charge is -2.38. The number of ether oxygens (including phenoxy) is 1. The molecule has 142 valence electrons. The maximum absolute atomic E-state index is 14.8. The van der Waals surface area contributed by atoms with Crippen molar-refractivity contribution in [2.75, 3.05) is 18.8 Å². The molecule has 0 bridgehead atoms. The fourth-order valence-electron chi connectivity index (χ4n) is 2.97. The third kappa shape index (κ3) is 3.20. The maximum atomic E-state index is 14.8. The summed E-state index contributed by atoms with van der Waals surface area (Å²) in [6, 6.07) is -1.46. The van der Waals surface area contributed by atoms with Gasteiger partial charge in [0.1, 0.15) is 23.5 Å². The molecular weight excluding hydrogens is 350 g/mol. The molecule has 26 heavy (non-hydrogen) atoms. The normalized spacial score (nSPS) is 20.3. The number of aromatic amines is 1. The van der Waals surface area contributed by atoms with E-state index in [1.165, 1.54) is 0 Å². The molecule has 0 aliphatic carbocycles. The van der Waals surface area contributed by atoms with Crippen LogP contribution in [0, 0.1) is 0 Å². The molecule has 1 amide bonds. The minimum Gasteiger partial charge on any atom is -0.444 e. The van der Waals surface area contributed by atoms with Gasteiger partial charge in [-0.05, 0) is 27.2 Å². The summed E-state index contributed by atoms with van der Waals surface area (Å²) in [5, 5.41) is 0. The summed E-state index contributed by atoms with van der Waals surface area (Å²) in [5.41, 5.74) is 4.26. The second-order valence-corrected chi connectivity index (χ2v) is 7.23. The first-order chi connectivity index (χ1) is 12.0. The third-order valence-corrected chi connectivity index (χ3v) is 4.06. The van der Waals surface area contributed by atoms with Crippen LogP contribution in [-0.2, 0) is 4.74 Å². The number of rotatable bonds is 1. The number of nitrogens with one attached hydrogen (secondary N) is 1. The number of alkyl halides is 2. The standard InChI is InChI=1S/C15H20F2N6O3/c1-14(2,3)26-13(25)22-5-4-8(15(16,17)6-22)23-11-9(21-12(23)24)10(18)19-7-20-11/h7-8H,4-6H2,1-3H3,(H,21,24)(H2,18,19,20)/t8-/m0/s1. The number of nitrogens with zero attached hydrogens (tertiary/aromatic N) is 4. The first-order valence-electron chi connectivity index (χ1n) is 8.06. The average molecular weight is 370 g/mol. The van der Waals surface area contributed by atoms with Gasteiger partial charge in [-0.15, -0.1) is 0 Å². The molecule has 1 fully saturated rings. The SMILES string of the molecule is CC(C)(C)OC(=O)N1CC[C@H](n2c(=O)[nH]c3c(N)ncnc32)C(F)(F)C1. The van der Waals surface area contributed by atoms with Gasteiger partial charge in [0.05, 0.1) is 6.54 Å². The van der Waals surface area contributed by atoms with Crippen molar-refractivity contribution in [3.8, 4) is 0 Å². The molecule has 3 heterocycles. The predicted octanol–water partition coefficient (Wildman–Crippen LogP) is 1.52. The minimum absolute atomic E-state index is 0.000331. The number of amides is 1. The average Bonchev–Trinajstić information content (AvgIpc) is 2.82. The van der Waals surface area contributed by atoms with Gasteiger partial charge in [0.15, 0.2) is 11.5 Å². The van der Waals surface area contributed by atoms with Crippen LogP contribution in [0.3, 0.4) is 0 Å². The number of hydrogen-bond donors (Lipinski definition) is 2. The Morgan fingerprint density at radius 1 is 1.42 bits per heavy atom. The van der Waals surface area contributed by atoms with E-state index in [0.717, 1.165) is 15.8 Å². The summed E-state index contributed by atoms with van der Waals surface area (Å²) in [6.45, 7) is 4.14. The Kier molecular flexibility index (Phi) is 4.12. The Hall–Kier alpha value is -2.72. The van der Waals surface area contributed by atoms with Crippen molar-refractivity contribution < 1.29 is 18.3 Å². The van der Waals surface area contributed by atoms with E-state index in [1.807, 2.05) is 0 Å². The van der Waals surface area contributed by atoms with Gasteiger partial charge in [0, 0.05) is 6.54 Å². The summed E-state index contributed by atoms with van der Waals surface area (Å²) < 4.78 is 35.6. The van der Waals surface area contributed by atoms with Gasteiger partial charge < -0.3 is 20.4 Å². The lowest BCUT2D eigenvalue weighted by atomic mass is 10.0. The molecule has 1 aliphatic rings. The Bertz CT molecular complexity index is 901. The van der Waals surface area contributed by atoms with E-state index in [9.17, 15) is 18.4 Å². The Labute approximate surface area is 147 Å². The fraction of sp³-hybridized carbons (Fsp3) is 0.600. The smallest absolute Gasteiger partial charge is 0.410 e. The number of carbonyl (C=O) groups excluding carboxylic acids is 1. The largest absolute Gasteiger partial charge is 0.444 e. The number of halogens is 2. The summed E-state index contributed by atoms with van der Waals surface area (Å²) in [5.74, 6) is -3.35. The molecule has 9 nitrogen and oxygen atoms in total. The monoisotopic (exact) mass is 370 g/mol. The van der Waals surface area contributed by atoms with Crippen LogP contribution in [0.1, 0.15) is 33.2 Å². The predicted molar refractivity (Wildman–Crippen MR) is 89.0 cm³/mol. The maximum Gasteiger partial charge on any atom is 0.410 e. The third-order valence-electron chi connectivity index (χ3n) is 4.06. The molecule has 0 unspecified atom stereocenters. The molecule has 2 aromatic rings. The molecule has 1 atom stereocenters. The Morgan fingerprint density at radius 2 is 2.12 bits per heavy atom. The van der Waals surface area contributed by atoms with E-state index >= 15 is 0 Å². The van der Waals surface area contributed by atoms with Crippen LogP contribution >= 0.6 is 0 Å². The zero-order valence-electron chi connectivity index (χ0n) is 14.6. The van der Waals surface area contributed by atoms with Gasteiger partial charge in [-0.1, -0.05) is 0 Å². The summed E-state index contributed by atoms with van der Waals surface area (Å²) in [4.78, 5) is 35.3. The molecule has 1 saturated heterocycles. The van der Waals surface area contributed by atoms with Crippen LogP contribution in [-0.4, -0.2) is 55.1 Å². The van der Waals surface area contributed by atoms with E-state index in [-0.39, 0.29) is 29.9 Å². The molecule has 0 saturated carbocycles. The van der Waals surface area contributed by atoms with Gasteiger partial charge in [-0.3, -0.25) is 4.57 Å². The van der Waals surface area contributed by atoms with Crippen molar-refractivity contribution in [3.63, 3.8) is 0 Å². The molecular formula is C15H20F2N6O3. The number of imidazole rings is 1. The second kappa shape index (κ2) is 5.92. The van der Waals surface area contributed by atoms with Gasteiger partial charge in [-0.2, -0.15) is 0 Å². The van der Waals surface area contributed by atoms with E-state index in [0.29, 0.717) is 0 Å². The van der Waals surface area contributed by atoms with Crippen LogP contribution in [0.4, 0.5) is 19.4 Å². The number of H-pyrrole nitrogens is 1. The molecule has 0 radical (unpaired) electrons. The van der Waals surface area contributed by atoms with Crippen LogP contribution in [0.5, 0.6) is 0 Å². The van der Waals surface area contributed by atoms with Crippen LogP contribution < -0.4 is 11.4 Å². The Morgan fingerprint density at radius 3 is 2.73 bits per heavy atom. The van der Waals surface area contributed by atoms with Crippen LogP contribution in [0.2, 0.25) is 0 Å². The number of piperidine rings is 1. The highest BCUT2D eigenvalue weighted by Gasteiger charge is 2.49. The van der Waals surface area contributed by atoms with Gasteiger partial charge in [-0.25, -0.2) is 28.3 Å². The first kappa shape index (κ1) is 18.1. The highest BCUT2D eigenvalue weighted by Crippen LogP contribution is 2.37. The number of anilines is 1. The zero-order chi connectivity index (χ0) is 19.3. The fourth-order valence-corrected chi connectivity index (χ4v) is 2.97. The van der Waals surface area contributed by atoms with Crippen molar-refractivity contribution in [2.45, 2.75) is 44.8 Å². The molecule has 1 aliphatic heterocycles. The molecule has 11 heteroatoms. The second-order valence-electron chi connectivity index (χ2n) is 7.23. The van der Waals surface area contributed by atoms with E-state index in [1.54, 1.807) is 20.8 Å². The van der Waals surface area contributed by atoms with Crippen molar-refractivity contribution in [3.05, 3.63) is 16.8 Å². The highest BCUT2D eigenvalue weighted by molar-refractivity contribution is 5.81. The lowest BCUT2D eigenvalue weighted by Crippen LogP contribution is -2.53. The number of aromatic nitrogens is 4. The molecule has 3 rings (SSSR count). The van der Waals surface area contributed by atoms with Crippen LogP contribution in [0.25, 0.3) is 11.2 Å². The summed E-state index contributed by atoms with van der Waals surface area (Å²) >= 11 is 0. The Balaban J connectivity index is 1.91. The van der Waals surface area contributed by atoms with Crippen LogP contribution in [0.15, 0.2) is 11.1 Å². The lowest BCUT2D eigenvalue weighted by molar-refractivity contribution is -0.103. The number of nitrogen functional groups attached to an aromatic ring is 1. The number of fused-ring (bicyclic) bond motifs is 1. The highest BCUT2D eigenvalue weighted by atomic mass is 19.3. The summed E-state index contributed by atoms with van der Waals surface area (Å²) in [7, 11) is 0. The van der Waals surface area contributed by atoms with Crippen molar-refractivity contribution in [1.29, 1.82) is 0 Å². The van der Waals surface area contributed by atoms with Gasteiger partial charge in [0.25, 0.3) is 5.92 Å². The van der Waals surface area contributed by atoms with E-state index in [4.69, 9.17) is 10.5 Å². The topological polar surface area (TPSA) is 119 Å². The van der Waals surface area contributed by atoms with Crippen molar-refractivity contribution >= 4 is 23.1 Å². The minimum atomic E-state index is -3.35. The number of nitrogens with two attached hydrogens (primary N) is 1.